The van der Waals surface area contributed by atoms with Gasteiger partial charge in [-0.15, -0.1) is 0 Å². The van der Waals surface area contributed by atoms with E-state index in [9.17, 15) is 24.5 Å². The largest absolute Gasteiger partial charge is 0.458 e. The highest BCUT2D eigenvalue weighted by molar-refractivity contribution is 7.07. The maximum Gasteiger partial charge on any atom is 0.338 e. The average molecular weight is 520 g/mol. The number of nitro benzene ring substituents is 1. The number of hydrogen-bond donors (Lipinski definition) is 0. The highest BCUT2D eigenvalue weighted by Crippen LogP contribution is 2.31. The van der Waals surface area contributed by atoms with Crippen molar-refractivity contribution in [1.29, 1.82) is 0 Å². The van der Waals surface area contributed by atoms with Crippen LogP contribution >= 0.6 is 11.3 Å². The molecule has 2 heterocycles. The maximum absolute atomic E-state index is 13.6. The van der Waals surface area contributed by atoms with Gasteiger partial charge in [-0.25, -0.2) is 9.79 Å². The molecule has 0 spiro atoms. The lowest BCUT2D eigenvalue weighted by molar-refractivity contribution is -0.384. The minimum Gasteiger partial charge on any atom is -0.458 e. The van der Waals surface area contributed by atoms with Gasteiger partial charge in [-0.1, -0.05) is 36.1 Å². The van der Waals surface area contributed by atoms with Crippen LogP contribution in [0.15, 0.2) is 82.2 Å². The van der Waals surface area contributed by atoms with Crippen LogP contribution in [-0.4, -0.2) is 28.0 Å². The molecule has 1 aliphatic heterocycles. The Morgan fingerprint density at radius 3 is 2.46 bits per heavy atom. The molecule has 188 valence electrons. The standard InChI is InChI=1S/C26H21N3O7S/c1-4-13-35-25(32)22-15(2)27-26-28(23(22)18-7-11-20(12-8-18)36-16(3)30)24(31)21(37-26)14-17-5-9-19(10-6-17)29(33)34/h4-12,14,23H,1,13H2,2-3H3/b21-14-/t23-/m0/s1. The summed E-state index contributed by atoms with van der Waals surface area (Å²) in [6.07, 6.45) is 3.06. The molecule has 0 aliphatic carbocycles. The third-order valence-electron chi connectivity index (χ3n) is 5.43. The van der Waals surface area contributed by atoms with Crippen LogP contribution in [-0.2, 0) is 14.3 Å². The SMILES string of the molecule is C=CCOC(=O)C1=C(C)N=c2s/c(=C\c3ccc([N+](=O)[O-])cc3)c(=O)n2[C@H]1c1ccc(OC(C)=O)cc1. The lowest BCUT2D eigenvalue weighted by Crippen LogP contribution is -2.39. The Morgan fingerprint density at radius 2 is 1.86 bits per heavy atom. The van der Waals surface area contributed by atoms with Gasteiger partial charge in [0.25, 0.3) is 11.2 Å². The predicted molar refractivity (Wildman–Crippen MR) is 136 cm³/mol. The van der Waals surface area contributed by atoms with Gasteiger partial charge < -0.3 is 9.47 Å². The quantitative estimate of drug-likeness (QED) is 0.154. The molecule has 0 saturated heterocycles. The normalized spacial score (nSPS) is 15.0. The first-order valence-corrected chi connectivity index (χ1v) is 11.8. The van der Waals surface area contributed by atoms with Crippen LogP contribution in [0.1, 0.15) is 31.0 Å². The first-order chi connectivity index (χ1) is 17.7. The molecule has 37 heavy (non-hydrogen) atoms. The number of ether oxygens (including phenoxy) is 2. The van der Waals surface area contributed by atoms with Gasteiger partial charge in [0.2, 0.25) is 0 Å². The summed E-state index contributed by atoms with van der Waals surface area (Å²) < 4.78 is 12.2. The Kier molecular flexibility index (Phi) is 7.25. The van der Waals surface area contributed by atoms with Gasteiger partial charge in [-0.2, -0.15) is 0 Å². The van der Waals surface area contributed by atoms with Gasteiger partial charge in [-0.3, -0.25) is 24.3 Å². The smallest absolute Gasteiger partial charge is 0.338 e. The summed E-state index contributed by atoms with van der Waals surface area (Å²) in [5, 5.41) is 10.9. The van der Waals surface area contributed by atoms with Gasteiger partial charge in [0.15, 0.2) is 4.80 Å². The van der Waals surface area contributed by atoms with Crippen molar-refractivity contribution in [3.8, 4) is 5.75 Å². The van der Waals surface area contributed by atoms with Crippen LogP contribution in [0, 0.1) is 10.1 Å². The van der Waals surface area contributed by atoms with Crippen molar-refractivity contribution in [3.63, 3.8) is 0 Å². The number of thiazole rings is 1. The number of esters is 2. The van der Waals surface area contributed by atoms with E-state index in [-0.39, 0.29) is 17.9 Å². The topological polar surface area (TPSA) is 130 Å². The van der Waals surface area contributed by atoms with E-state index in [0.717, 1.165) is 11.3 Å². The molecule has 0 N–H and O–H groups in total. The molecule has 1 atom stereocenters. The first-order valence-electron chi connectivity index (χ1n) is 11.0. The number of rotatable bonds is 7. The number of carbonyl (C=O) groups excluding carboxylic acids is 2. The number of carbonyl (C=O) groups is 2. The zero-order valence-electron chi connectivity index (χ0n) is 19.9. The number of nitro groups is 1. The number of fused-ring (bicyclic) bond motifs is 1. The number of allylic oxidation sites excluding steroid dienone is 1. The zero-order valence-corrected chi connectivity index (χ0v) is 20.7. The molecule has 3 aromatic rings. The van der Waals surface area contributed by atoms with E-state index < -0.39 is 28.5 Å². The predicted octanol–water partition coefficient (Wildman–Crippen LogP) is 2.80. The summed E-state index contributed by atoms with van der Waals surface area (Å²) >= 11 is 1.14. The molecule has 4 rings (SSSR count). The Labute approximate surface area is 214 Å². The van der Waals surface area contributed by atoms with Gasteiger partial charge in [0.05, 0.1) is 26.8 Å². The molecule has 10 nitrogen and oxygen atoms in total. The molecule has 11 heteroatoms. The minimum atomic E-state index is -0.848. The van der Waals surface area contributed by atoms with Crippen LogP contribution in [0.2, 0.25) is 0 Å². The van der Waals surface area contributed by atoms with Gasteiger partial charge in [0.1, 0.15) is 12.4 Å². The van der Waals surface area contributed by atoms with Gasteiger partial charge >= 0.3 is 11.9 Å². The third kappa shape index (κ3) is 5.31. The Hall–Kier alpha value is -4.64. The Balaban J connectivity index is 1.86. The fraction of sp³-hybridized carbons (Fsp3) is 0.154. The maximum atomic E-state index is 13.6. The molecule has 0 amide bonds. The number of nitrogens with zero attached hydrogens (tertiary/aromatic N) is 3. The Morgan fingerprint density at radius 1 is 1.19 bits per heavy atom. The second kappa shape index (κ2) is 10.5. The zero-order chi connectivity index (χ0) is 26.7. The van der Waals surface area contributed by atoms with Crippen molar-refractivity contribution in [1.82, 2.24) is 4.57 Å². The van der Waals surface area contributed by atoms with Crippen molar-refractivity contribution in [2.75, 3.05) is 6.61 Å². The summed E-state index contributed by atoms with van der Waals surface area (Å²) in [5.41, 5.74) is 1.31. The van der Waals surface area contributed by atoms with E-state index >= 15 is 0 Å². The summed E-state index contributed by atoms with van der Waals surface area (Å²) in [5.74, 6) is -0.797. The van der Waals surface area contributed by atoms with Gasteiger partial charge in [-0.05, 0) is 48.4 Å². The lowest BCUT2D eigenvalue weighted by Gasteiger charge is -2.24. The molecule has 0 radical (unpaired) electrons. The van der Waals surface area contributed by atoms with E-state index in [2.05, 4.69) is 11.6 Å². The second-order valence-corrected chi connectivity index (χ2v) is 8.99. The number of aromatic nitrogens is 1. The fourth-order valence-electron chi connectivity index (χ4n) is 3.84. The van der Waals surface area contributed by atoms with Crippen molar-refractivity contribution < 1.29 is 24.0 Å². The molecule has 0 unspecified atom stereocenters. The summed E-state index contributed by atoms with van der Waals surface area (Å²) in [6.45, 7) is 6.50. The van der Waals surface area contributed by atoms with Crippen LogP contribution in [0.5, 0.6) is 5.75 Å². The van der Waals surface area contributed by atoms with Crippen molar-refractivity contribution >= 4 is 35.0 Å². The number of hydrogen-bond acceptors (Lipinski definition) is 9. The first kappa shape index (κ1) is 25.5. The van der Waals surface area contributed by atoms with Crippen molar-refractivity contribution in [2.45, 2.75) is 19.9 Å². The summed E-state index contributed by atoms with van der Waals surface area (Å²) in [6, 6.07) is 11.4. The molecule has 1 aliphatic rings. The number of non-ortho nitro benzene ring substituents is 1. The summed E-state index contributed by atoms with van der Waals surface area (Å²) in [7, 11) is 0. The lowest BCUT2D eigenvalue weighted by atomic mass is 9.96. The third-order valence-corrected chi connectivity index (χ3v) is 6.42. The molecule has 0 bridgehead atoms. The number of benzene rings is 2. The molecular formula is C26H21N3O7S. The van der Waals surface area contributed by atoms with Crippen LogP contribution in [0.3, 0.4) is 0 Å². The van der Waals surface area contributed by atoms with E-state index in [0.29, 0.717) is 31.9 Å². The highest BCUT2D eigenvalue weighted by Gasteiger charge is 2.33. The monoisotopic (exact) mass is 519 g/mol. The van der Waals surface area contributed by atoms with Gasteiger partial charge in [0, 0.05) is 19.1 Å². The summed E-state index contributed by atoms with van der Waals surface area (Å²) in [4.78, 5) is 53.3. The van der Waals surface area contributed by atoms with Crippen LogP contribution in [0.25, 0.3) is 6.08 Å². The molecule has 2 aromatic carbocycles. The van der Waals surface area contributed by atoms with E-state index in [1.807, 2.05) is 0 Å². The van der Waals surface area contributed by atoms with Crippen LogP contribution in [0.4, 0.5) is 5.69 Å². The van der Waals surface area contributed by atoms with E-state index in [1.54, 1.807) is 49.4 Å². The van der Waals surface area contributed by atoms with E-state index in [4.69, 9.17) is 9.47 Å². The fourth-order valence-corrected chi connectivity index (χ4v) is 4.88. The van der Waals surface area contributed by atoms with Crippen molar-refractivity contribution in [2.24, 2.45) is 4.99 Å². The van der Waals surface area contributed by atoms with Crippen LogP contribution < -0.4 is 19.6 Å². The molecule has 0 saturated carbocycles. The highest BCUT2D eigenvalue weighted by atomic mass is 32.1. The second-order valence-electron chi connectivity index (χ2n) is 7.98. The molecule has 1 aromatic heterocycles. The minimum absolute atomic E-state index is 0.0156. The average Bonchev–Trinajstić information content (AvgIpc) is 3.16. The van der Waals surface area contributed by atoms with E-state index in [1.165, 1.54) is 29.7 Å². The molecule has 0 fully saturated rings. The van der Waals surface area contributed by atoms with Crippen molar-refractivity contribution in [3.05, 3.63) is 113 Å². The Bertz CT molecular complexity index is 1610. The molecular weight excluding hydrogens is 498 g/mol.